The van der Waals surface area contributed by atoms with Crippen LogP contribution < -0.4 is 5.32 Å². The number of rotatable bonds is 6. The fourth-order valence-electron chi connectivity index (χ4n) is 2.63. The normalized spacial score (nSPS) is 20.0. The van der Waals surface area contributed by atoms with E-state index in [1.54, 1.807) is 6.92 Å². The maximum absolute atomic E-state index is 12.9. The second-order valence-electron chi connectivity index (χ2n) is 6.19. The highest BCUT2D eigenvalue weighted by Gasteiger charge is 2.29. The zero-order chi connectivity index (χ0) is 18.7. The summed E-state index contributed by atoms with van der Waals surface area (Å²) in [6, 6.07) is 5.48. The average Bonchev–Trinajstić information content (AvgIpc) is 3.15. The van der Waals surface area contributed by atoms with E-state index in [4.69, 9.17) is 4.42 Å². The number of carbonyl (C=O) groups is 1. The molecular weight excluding hydrogens is 381 g/mol. The lowest BCUT2D eigenvalue weighted by molar-refractivity contribution is -0.115. The van der Waals surface area contributed by atoms with Gasteiger partial charge in [0.25, 0.3) is 5.22 Å². The molecule has 1 aromatic carbocycles. The molecule has 140 valence electrons. The van der Waals surface area contributed by atoms with Gasteiger partial charge in [-0.1, -0.05) is 11.8 Å². The summed E-state index contributed by atoms with van der Waals surface area (Å²) in [6.45, 7) is 1.69. The van der Waals surface area contributed by atoms with Gasteiger partial charge in [0, 0.05) is 12.1 Å². The molecule has 0 radical (unpaired) electrons. The number of nitrogens with zero attached hydrogens (tertiary/aromatic N) is 2. The lowest BCUT2D eigenvalue weighted by atomic mass is 10.1. The molecule has 0 unspecified atom stereocenters. The molecule has 2 atom stereocenters. The Morgan fingerprint density at radius 2 is 2.12 bits per heavy atom. The molecule has 0 spiro atoms. The lowest BCUT2D eigenvalue weighted by Gasteiger charge is -2.09. The summed E-state index contributed by atoms with van der Waals surface area (Å²) < 4.78 is 41.4. The lowest BCUT2D eigenvalue weighted by Crippen LogP contribution is -2.22. The molecule has 3 rings (SSSR count). The van der Waals surface area contributed by atoms with Crippen molar-refractivity contribution in [3.63, 3.8) is 0 Å². The first-order chi connectivity index (χ1) is 12.3. The number of nitrogens with one attached hydrogen (secondary N) is 1. The Balaban J connectivity index is 1.53. The molecule has 0 saturated carbocycles. The maximum Gasteiger partial charge on any atom is 0.277 e. The Labute approximate surface area is 154 Å². The molecule has 10 heteroatoms. The Bertz CT molecular complexity index is 883. The molecule has 2 aromatic rings. The Morgan fingerprint density at radius 3 is 2.77 bits per heavy atom. The van der Waals surface area contributed by atoms with Crippen LogP contribution in [0.25, 0.3) is 0 Å². The number of halogens is 1. The quantitative estimate of drug-likeness (QED) is 0.744. The molecule has 1 aromatic heterocycles. The second-order valence-corrected chi connectivity index (χ2v) is 9.71. The van der Waals surface area contributed by atoms with Gasteiger partial charge in [0.15, 0.2) is 9.84 Å². The molecule has 2 heterocycles. The van der Waals surface area contributed by atoms with Crippen LogP contribution in [0.4, 0.5) is 10.1 Å². The first kappa shape index (κ1) is 18.8. The van der Waals surface area contributed by atoms with Gasteiger partial charge in [0.05, 0.1) is 16.8 Å². The van der Waals surface area contributed by atoms with Crippen LogP contribution in [-0.4, -0.2) is 41.3 Å². The van der Waals surface area contributed by atoms with Gasteiger partial charge < -0.3 is 9.73 Å². The number of aromatic nitrogens is 2. The van der Waals surface area contributed by atoms with Crippen molar-refractivity contribution in [2.24, 2.45) is 5.92 Å². The van der Waals surface area contributed by atoms with E-state index in [9.17, 15) is 17.6 Å². The third-order valence-electron chi connectivity index (χ3n) is 4.00. The molecule has 1 fully saturated rings. The zero-order valence-corrected chi connectivity index (χ0v) is 15.6. The van der Waals surface area contributed by atoms with Crippen LogP contribution in [0.15, 0.2) is 33.9 Å². The van der Waals surface area contributed by atoms with E-state index in [1.807, 2.05) is 0 Å². The Morgan fingerprint density at radius 1 is 1.38 bits per heavy atom. The fraction of sp³-hybridized carbons (Fsp3) is 0.438. The molecular formula is C16H18FN3O4S2. The van der Waals surface area contributed by atoms with Crippen molar-refractivity contribution in [2.45, 2.75) is 30.2 Å². The topological polar surface area (TPSA) is 102 Å². The minimum absolute atomic E-state index is 0.00232. The van der Waals surface area contributed by atoms with Crippen molar-refractivity contribution in [2.75, 3.05) is 16.8 Å². The molecule has 7 nitrogen and oxygen atoms in total. The van der Waals surface area contributed by atoms with Gasteiger partial charge in [0.1, 0.15) is 5.82 Å². The predicted octanol–water partition coefficient (Wildman–Crippen LogP) is 2.31. The van der Waals surface area contributed by atoms with E-state index in [0.29, 0.717) is 24.4 Å². The molecule has 1 amide bonds. The average molecular weight is 399 g/mol. The van der Waals surface area contributed by atoms with Crippen molar-refractivity contribution in [1.29, 1.82) is 0 Å². The molecule has 1 aliphatic rings. The van der Waals surface area contributed by atoms with Crippen LogP contribution >= 0.6 is 11.8 Å². The fourth-order valence-corrected chi connectivity index (χ4v) is 5.19. The molecule has 0 bridgehead atoms. The highest BCUT2D eigenvalue weighted by Crippen LogP contribution is 2.26. The molecule has 0 aliphatic carbocycles. The number of sulfone groups is 1. The number of anilines is 1. The molecule has 1 saturated heterocycles. The van der Waals surface area contributed by atoms with Crippen LogP contribution in [0, 0.1) is 11.7 Å². The zero-order valence-electron chi connectivity index (χ0n) is 14.0. The third-order valence-corrected chi connectivity index (χ3v) is 6.77. The van der Waals surface area contributed by atoms with Crippen molar-refractivity contribution in [3.05, 3.63) is 36.0 Å². The van der Waals surface area contributed by atoms with Crippen molar-refractivity contribution in [3.8, 4) is 0 Å². The first-order valence-corrected chi connectivity index (χ1v) is 10.8. The third kappa shape index (κ3) is 5.04. The Kier molecular flexibility index (Phi) is 5.61. The summed E-state index contributed by atoms with van der Waals surface area (Å²) in [7, 11) is -2.94. The van der Waals surface area contributed by atoms with Gasteiger partial charge in [-0.15, -0.1) is 10.2 Å². The van der Waals surface area contributed by atoms with E-state index in [1.165, 1.54) is 24.3 Å². The monoisotopic (exact) mass is 399 g/mol. The van der Waals surface area contributed by atoms with E-state index < -0.39 is 15.1 Å². The van der Waals surface area contributed by atoms with Gasteiger partial charge in [-0.25, -0.2) is 12.8 Å². The van der Waals surface area contributed by atoms with Gasteiger partial charge >= 0.3 is 0 Å². The summed E-state index contributed by atoms with van der Waals surface area (Å²) in [5.41, 5.74) is 0.498. The number of benzene rings is 1. The minimum atomic E-state index is -2.94. The SMILES string of the molecule is C[C@H](Sc1nnc(C[C@H]2CCS(=O)(=O)C2)o1)C(=O)Nc1ccc(F)cc1. The smallest absolute Gasteiger partial charge is 0.277 e. The van der Waals surface area contributed by atoms with Gasteiger partial charge in [-0.3, -0.25) is 4.79 Å². The second kappa shape index (κ2) is 7.75. The molecule has 1 N–H and O–H groups in total. The first-order valence-electron chi connectivity index (χ1n) is 8.06. The minimum Gasteiger partial charge on any atom is -0.416 e. The van der Waals surface area contributed by atoms with E-state index >= 15 is 0 Å². The molecule has 26 heavy (non-hydrogen) atoms. The standard InChI is InChI=1S/C16H18FN3O4S2/c1-10(15(21)18-13-4-2-12(17)3-5-13)25-16-20-19-14(24-16)8-11-6-7-26(22,23)9-11/h2-5,10-11H,6-9H2,1H3,(H,18,21)/t10-,11+/m0/s1. The van der Waals surface area contributed by atoms with Crippen molar-refractivity contribution < 1.29 is 22.0 Å². The summed E-state index contributed by atoms with van der Waals surface area (Å²) in [5.74, 6) is 0.0721. The van der Waals surface area contributed by atoms with E-state index in [2.05, 4.69) is 15.5 Å². The van der Waals surface area contributed by atoms with Crippen LogP contribution in [0.5, 0.6) is 0 Å². The van der Waals surface area contributed by atoms with Gasteiger partial charge in [0.2, 0.25) is 11.8 Å². The number of hydrogen-bond acceptors (Lipinski definition) is 7. The van der Waals surface area contributed by atoms with Crippen LogP contribution in [0.1, 0.15) is 19.2 Å². The van der Waals surface area contributed by atoms with E-state index in [-0.39, 0.29) is 34.4 Å². The highest BCUT2D eigenvalue weighted by molar-refractivity contribution is 8.00. The summed E-state index contributed by atoms with van der Waals surface area (Å²) in [5, 5.41) is 10.3. The Hall–Kier alpha value is -1.94. The predicted molar refractivity (Wildman–Crippen MR) is 95.1 cm³/mol. The van der Waals surface area contributed by atoms with Gasteiger partial charge in [-0.2, -0.15) is 0 Å². The maximum atomic E-state index is 12.9. The number of amides is 1. The molecule has 1 aliphatic heterocycles. The summed E-state index contributed by atoms with van der Waals surface area (Å²) in [6.07, 6.45) is 1.02. The number of carbonyl (C=O) groups excluding carboxylic acids is 1. The van der Waals surface area contributed by atoms with Crippen LogP contribution in [0.3, 0.4) is 0 Å². The van der Waals surface area contributed by atoms with E-state index in [0.717, 1.165) is 11.8 Å². The number of hydrogen-bond donors (Lipinski definition) is 1. The van der Waals surface area contributed by atoms with Crippen LogP contribution in [0.2, 0.25) is 0 Å². The van der Waals surface area contributed by atoms with Crippen molar-refractivity contribution in [1.82, 2.24) is 10.2 Å². The van der Waals surface area contributed by atoms with Crippen LogP contribution in [-0.2, 0) is 21.1 Å². The largest absolute Gasteiger partial charge is 0.416 e. The summed E-state index contributed by atoms with van der Waals surface area (Å²) >= 11 is 1.11. The summed E-state index contributed by atoms with van der Waals surface area (Å²) in [4.78, 5) is 12.2. The van der Waals surface area contributed by atoms with Gasteiger partial charge in [-0.05, 0) is 43.5 Å². The highest BCUT2D eigenvalue weighted by atomic mass is 32.2. The number of thioether (sulfide) groups is 1. The van der Waals surface area contributed by atoms with Crippen molar-refractivity contribution >= 4 is 33.2 Å².